The molecule has 2 atom stereocenters. The Hall–Kier alpha value is -1.17. The number of rotatable bonds is 7. The maximum Gasteiger partial charge on any atom is 0.410 e. The van der Waals surface area contributed by atoms with Crippen molar-refractivity contribution in [2.24, 2.45) is 0 Å². The predicted molar refractivity (Wildman–Crippen MR) is 85.6 cm³/mol. The van der Waals surface area contributed by atoms with Crippen molar-refractivity contribution in [2.75, 3.05) is 13.2 Å². The van der Waals surface area contributed by atoms with Gasteiger partial charge < -0.3 is 14.2 Å². The van der Waals surface area contributed by atoms with Crippen LogP contribution in [0.15, 0.2) is 18.7 Å². The largest absolute Gasteiger partial charge is 0.449 e. The van der Waals surface area contributed by atoms with E-state index in [4.69, 9.17) is 4.74 Å². The van der Waals surface area contributed by atoms with Crippen LogP contribution in [0.5, 0.6) is 0 Å². The molecule has 1 saturated heterocycles. The lowest BCUT2D eigenvalue weighted by molar-refractivity contribution is 0.0951. The fraction of sp³-hybridized carbons (Fsp3) is 0.733. The van der Waals surface area contributed by atoms with Crippen molar-refractivity contribution >= 4 is 18.7 Å². The molecule has 118 valence electrons. The number of nitrogens with zero attached hydrogens (tertiary/aromatic N) is 3. The second-order valence-corrected chi connectivity index (χ2v) is 6.34. The molecule has 0 radical (unpaired) electrons. The lowest BCUT2D eigenvalue weighted by Gasteiger charge is -2.24. The van der Waals surface area contributed by atoms with E-state index >= 15 is 0 Å². The van der Waals surface area contributed by atoms with Crippen LogP contribution in [0.4, 0.5) is 4.79 Å². The van der Waals surface area contributed by atoms with Crippen molar-refractivity contribution in [3.05, 3.63) is 18.7 Å². The van der Waals surface area contributed by atoms with Crippen LogP contribution in [0.2, 0.25) is 0 Å². The normalized spacial score (nSPS) is 21.7. The summed E-state index contributed by atoms with van der Waals surface area (Å²) in [5.41, 5.74) is 0. The first-order valence-electron chi connectivity index (χ1n) is 7.78. The third-order valence-corrected chi connectivity index (χ3v) is 4.24. The molecule has 1 fully saturated rings. The number of thiol groups is 1. The number of aromatic nitrogens is 2. The van der Waals surface area contributed by atoms with Crippen molar-refractivity contribution < 1.29 is 9.53 Å². The number of aryl methyl sites for hydroxylation is 1. The Labute approximate surface area is 132 Å². The van der Waals surface area contributed by atoms with Crippen LogP contribution in [0, 0.1) is 0 Å². The van der Waals surface area contributed by atoms with Crippen molar-refractivity contribution in [3.8, 4) is 0 Å². The maximum absolute atomic E-state index is 12.1. The predicted octanol–water partition coefficient (Wildman–Crippen LogP) is 2.97. The molecule has 0 spiro atoms. The molecule has 0 aliphatic carbocycles. The summed E-state index contributed by atoms with van der Waals surface area (Å²) in [5, 5.41) is 0.266. The van der Waals surface area contributed by atoms with E-state index in [1.54, 1.807) is 6.20 Å². The van der Waals surface area contributed by atoms with E-state index in [1.807, 2.05) is 17.4 Å². The molecule has 1 aromatic heterocycles. The summed E-state index contributed by atoms with van der Waals surface area (Å²) in [6.07, 6.45) is 10.3. The van der Waals surface area contributed by atoms with E-state index in [-0.39, 0.29) is 17.4 Å². The minimum atomic E-state index is -0.173. The summed E-state index contributed by atoms with van der Waals surface area (Å²) in [7, 11) is 0. The Bertz CT molecular complexity index is 425. The molecule has 0 bridgehead atoms. The zero-order chi connectivity index (χ0) is 15.1. The van der Waals surface area contributed by atoms with Crippen molar-refractivity contribution in [1.29, 1.82) is 0 Å². The number of amides is 1. The number of hydrogen-bond acceptors (Lipinski definition) is 4. The van der Waals surface area contributed by atoms with E-state index in [0.29, 0.717) is 13.2 Å². The van der Waals surface area contributed by atoms with Crippen LogP contribution in [-0.4, -0.2) is 45.0 Å². The highest BCUT2D eigenvalue weighted by Gasteiger charge is 2.34. The van der Waals surface area contributed by atoms with Gasteiger partial charge in [0, 0.05) is 36.8 Å². The molecule has 2 rings (SSSR count). The van der Waals surface area contributed by atoms with Gasteiger partial charge in [0.15, 0.2) is 0 Å². The highest BCUT2D eigenvalue weighted by Crippen LogP contribution is 2.26. The van der Waals surface area contributed by atoms with Gasteiger partial charge >= 0.3 is 6.09 Å². The molecule has 2 unspecified atom stereocenters. The minimum absolute atomic E-state index is 0.173. The van der Waals surface area contributed by atoms with E-state index in [2.05, 4.69) is 29.1 Å². The molecule has 1 amide bonds. The third kappa shape index (κ3) is 4.95. The average molecular weight is 311 g/mol. The van der Waals surface area contributed by atoms with Gasteiger partial charge in [-0.2, -0.15) is 12.6 Å². The molecular formula is C15H25N3O2S. The van der Waals surface area contributed by atoms with Gasteiger partial charge in [-0.25, -0.2) is 9.78 Å². The monoisotopic (exact) mass is 311 g/mol. The zero-order valence-electron chi connectivity index (χ0n) is 12.6. The van der Waals surface area contributed by atoms with Gasteiger partial charge in [-0.05, 0) is 25.7 Å². The second kappa shape index (κ2) is 8.32. The smallest absolute Gasteiger partial charge is 0.410 e. The number of carbonyl (C=O) groups is 1. The Kier molecular flexibility index (Phi) is 6.42. The molecule has 2 heterocycles. The van der Waals surface area contributed by atoms with Crippen molar-refractivity contribution in [3.63, 3.8) is 0 Å². The Morgan fingerprint density at radius 1 is 1.48 bits per heavy atom. The van der Waals surface area contributed by atoms with Gasteiger partial charge in [-0.15, -0.1) is 0 Å². The molecule has 6 heteroatoms. The Morgan fingerprint density at radius 2 is 2.33 bits per heavy atom. The average Bonchev–Trinajstić information content (AvgIpc) is 3.09. The SMILES string of the molecule is CCCCOC(=O)N1CC(S)CC1CCCn1ccnc1. The number of imidazole rings is 1. The van der Waals surface area contributed by atoms with E-state index in [1.165, 1.54) is 0 Å². The standard InChI is InChI=1S/C15H25N3O2S/c1-2-3-9-20-15(19)18-11-14(21)10-13(18)5-4-7-17-8-6-16-12-17/h6,8,12-14,21H,2-5,7,9-11H2,1H3. The maximum atomic E-state index is 12.1. The third-order valence-electron chi connectivity index (χ3n) is 3.86. The van der Waals surface area contributed by atoms with Gasteiger partial charge in [-0.1, -0.05) is 13.3 Å². The summed E-state index contributed by atoms with van der Waals surface area (Å²) in [5.74, 6) is 0. The first kappa shape index (κ1) is 16.2. The molecule has 21 heavy (non-hydrogen) atoms. The van der Waals surface area contributed by atoms with E-state index in [0.717, 1.165) is 38.6 Å². The highest BCUT2D eigenvalue weighted by atomic mass is 32.1. The quantitative estimate of drug-likeness (QED) is 0.622. The molecular weight excluding hydrogens is 286 g/mol. The van der Waals surface area contributed by atoms with Crippen LogP contribution >= 0.6 is 12.6 Å². The number of unbranched alkanes of at least 4 members (excludes halogenated alkanes) is 1. The number of carbonyl (C=O) groups excluding carboxylic acids is 1. The summed E-state index contributed by atoms with van der Waals surface area (Å²) >= 11 is 4.53. The van der Waals surface area contributed by atoms with Gasteiger partial charge in [-0.3, -0.25) is 0 Å². The van der Waals surface area contributed by atoms with Crippen LogP contribution in [0.1, 0.15) is 39.0 Å². The van der Waals surface area contributed by atoms with Crippen LogP contribution in [-0.2, 0) is 11.3 Å². The zero-order valence-corrected chi connectivity index (χ0v) is 13.5. The summed E-state index contributed by atoms with van der Waals surface area (Å²) in [6.45, 7) is 4.24. The van der Waals surface area contributed by atoms with Gasteiger partial charge in [0.1, 0.15) is 0 Å². The molecule has 0 saturated carbocycles. The number of likely N-dealkylation sites (tertiary alicyclic amines) is 1. The fourth-order valence-electron chi connectivity index (χ4n) is 2.70. The summed E-state index contributed by atoms with van der Waals surface area (Å²) in [4.78, 5) is 18.0. The van der Waals surface area contributed by atoms with Crippen LogP contribution in [0.3, 0.4) is 0 Å². The molecule has 0 N–H and O–H groups in total. The van der Waals surface area contributed by atoms with Gasteiger partial charge in [0.2, 0.25) is 0 Å². The molecule has 1 aliphatic heterocycles. The topological polar surface area (TPSA) is 47.4 Å². The van der Waals surface area contributed by atoms with Crippen LogP contribution < -0.4 is 0 Å². The van der Waals surface area contributed by atoms with Gasteiger partial charge in [0.05, 0.1) is 12.9 Å². The van der Waals surface area contributed by atoms with Crippen molar-refractivity contribution in [2.45, 2.75) is 56.9 Å². The molecule has 0 aromatic carbocycles. The molecule has 5 nitrogen and oxygen atoms in total. The van der Waals surface area contributed by atoms with Crippen LogP contribution in [0.25, 0.3) is 0 Å². The molecule has 1 aromatic rings. The second-order valence-electron chi connectivity index (χ2n) is 5.61. The van der Waals surface area contributed by atoms with E-state index < -0.39 is 0 Å². The molecule has 1 aliphatic rings. The first-order valence-corrected chi connectivity index (χ1v) is 8.29. The Balaban J connectivity index is 1.77. The first-order chi connectivity index (χ1) is 10.2. The fourth-order valence-corrected chi connectivity index (χ4v) is 3.12. The lowest BCUT2D eigenvalue weighted by Crippen LogP contribution is -2.36. The van der Waals surface area contributed by atoms with E-state index in [9.17, 15) is 4.79 Å². The summed E-state index contributed by atoms with van der Waals surface area (Å²) in [6, 6.07) is 0.255. The Morgan fingerprint density at radius 3 is 3.05 bits per heavy atom. The lowest BCUT2D eigenvalue weighted by atomic mass is 10.1. The summed E-state index contributed by atoms with van der Waals surface area (Å²) < 4.78 is 7.40. The number of hydrogen-bond donors (Lipinski definition) is 1. The number of ether oxygens (including phenoxy) is 1. The minimum Gasteiger partial charge on any atom is -0.449 e. The van der Waals surface area contributed by atoms with Gasteiger partial charge in [0.25, 0.3) is 0 Å². The van der Waals surface area contributed by atoms with Crippen molar-refractivity contribution in [1.82, 2.24) is 14.5 Å². The highest BCUT2D eigenvalue weighted by molar-refractivity contribution is 7.81.